The third kappa shape index (κ3) is 9.03. The topological polar surface area (TPSA) is 318 Å². The minimum absolute atomic E-state index is 0.0733. The van der Waals surface area contributed by atoms with Crippen molar-refractivity contribution in [2.45, 2.75) is 223 Å². The molecular weight excluding hydrogens is 881 g/mol. The van der Waals surface area contributed by atoms with E-state index in [0.717, 1.165) is 5.57 Å². The molecule has 67 heavy (non-hydrogen) atoms. The summed E-state index contributed by atoms with van der Waals surface area (Å²) in [7, 11) is 0. The van der Waals surface area contributed by atoms with Crippen LogP contribution in [0, 0.1) is 45.3 Å². The Labute approximate surface area is 393 Å². The Balaban J connectivity index is 1.15. The summed E-state index contributed by atoms with van der Waals surface area (Å²) in [5, 5.41) is 142. The van der Waals surface area contributed by atoms with Gasteiger partial charge in [0.15, 0.2) is 18.9 Å². The summed E-state index contributed by atoms with van der Waals surface area (Å²) in [5.74, 6) is -1.02. The molecule has 0 aromatic carbocycles. The number of allylic oxidation sites excluding steroid dienone is 2. The predicted octanol–water partition coefficient (Wildman–Crippen LogP) is -1.06. The molecule has 0 bridgehead atoms. The minimum Gasteiger partial charge on any atom is -0.394 e. The van der Waals surface area contributed by atoms with Gasteiger partial charge in [-0.25, -0.2) is 0 Å². The van der Waals surface area contributed by atoms with Crippen LogP contribution in [0.3, 0.4) is 0 Å². The average Bonchev–Trinajstić information content (AvgIpc) is 3.65. The van der Waals surface area contributed by atoms with E-state index in [1.54, 1.807) is 0 Å². The summed E-state index contributed by atoms with van der Waals surface area (Å²) in [6, 6.07) is 0. The SMILES string of the molecule is CC(C)=CCC[C@](C)(O[C@H]1O[C@@H](CO)[C@H](O)[C@@H](O)[C@@H]1O)[C@@H]1CC[C@]2(C)[C@@H]1[C@H](O)C[C@@H]1[C@]3(C)CC[C@H](O[C@@H]4O[C@H](CO)[C@@H](O)[C@H](O)[C@@H]4O[C@@H]4O[C@H](CO)[C@@H](O)[C@@H](O)[C@@H]4O)C(C)(C)[C@@H]3[C@H](O)C[C@@]12C. The maximum Gasteiger partial charge on any atom is 0.187 e. The van der Waals surface area contributed by atoms with Crippen LogP contribution in [0.25, 0.3) is 0 Å². The van der Waals surface area contributed by atoms with Crippen LogP contribution in [0.1, 0.15) is 107 Å². The van der Waals surface area contributed by atoms with E-state index in [4.69, 9.17) is 28.4 Å². The predicted molar refractivity (Wildman–Crippen MR) is 235 cm³/mol. The fourth-order valence-electron chi connectivity index (χ4n) is 15.1. The van der Waals surface area contributed by atoms with Crippen molar-refractivity contribution in [3.8, 4) is 0 Å². The molecule has 26 atom stereocenters. The molecule has 0 spiro atoms. The van der Waals surface area contributed by atoms with Crippen LogP contribution in [0.2, 0.25) is 0 Å². The summed E-state index contributed by atoms with van der Waals surface area (Å²) in [6.45, 7) is 14.6. The molecule has 3 saturated heterocycles. The normalized spacial score (nSPS) is 52.9. The van der Waals surface area contributed by atoms with E-state index in [2.05, 4.69) is 26.8 Å². The molecule has 0 unspecified atom stereocenters. The van der Waals surface area contributed by atoms with Gasteiger partial charge < -0.3 is 94.8 Å². The Morgan fingerprint density at radius 1 is 0.627 bits per heavy atom. The second kappa shape index (κ2) is 19.8. The Morgan fingerprint density at radius 2 is 1.16 bits per heavy atom. The first-order valence-corrected chi connectivity index (χ1v) is 24.5. The molecule has 7 aliphatic rings. The van der Waals surface area contributed by atoms with Gasteiger partial charge in [0.1, 0.15) is 73.2 Å². The van der Waals surface area contributed by atoms with Gasteiger partial charge in [-0.05, 0) is 117 Å². The van der Waals surface area contributed by atoms with Crippen molar-refractivity contribution in [2.24, 2.45) is 45.3 Å². The molecule has 0 aromatic heterocycles. The number of hydrogen-bond donors (Lipinski definition) is 13. The number of fused-ring (bicyclic) bond motifs is 5. The highest BCUT2D eigenvalue weighted by atomic mass is 16.8. The molecule has 19 heteroatoms. The molecule has 0 amide bonds. The fourth-order valence-corrected chi connectivity index (χ4v) is 15.1. The molecule has 4 aliphatic carbocycles. The summed E-state index contributed by atoms with van der Waals surface area (Å²) in [6.07, 6.45) is -19.2. The van der Waals surface area contributed by atoms with Gasteiger partial charge in [-0.15, -0.1) is 0 Å². The highest BCUT2D eigenvalue weighted by Crippen LogP contribution is 2.76. The van der Waals surface area contributed by atoms with Crippen LogP contribution in [0.4, 0.5) is 0 Å². The molecule has 7 fully saturated rings. The van der Waals surface area contributed by atoms with Crippen LogP contribution < -0.4 is 0 Å². The average molecular weight is 963 g/mol. The fraction of sp³-hybridized carbons (Fsp3) is 0.958. The Bertz CT molecular complexity index is 1710. The van der Waals surface area contributed by atoms with Crippen LogP contribution in [-0.2, 0) is 28.4 Å². The van der Waals surface area contributed by atoms with Crippen molar-refractivity contribution < 1.29 is 94.8 Å². The zero-order chi connectivity index (χ0) is 49.5. The van der Waals surface area contributed by atoms with Gasteiger partial charge in [0.05, 0.1) is 43.7 Å². The van der Waals surface area contributed by atoms with Gasteiger partial charge in [-0.1, -0.05) is 46.3 Å². The number of hydrogen-bond acceptors (Lipinski definition) is 19. The highest BCUT2D eigenvalue weighted by molar-refractivity contribution is 5.22. The largest absolute Gasteiger partial charge is 0.394 e. The standard InChI is InChI=1S/C48H82O19/c1-21(2)10-9-13-48(8,67-42-38(61)35(58)32(55)26(19-50)63-42)22-11-15-46(6)30(22)23(52)16-28-45(5)14-12-29(44(3,4)40(45)24(53)17-47(28,46)7)65-43-39(36(59)33(56)27(20-51)64-43)66-41-37(60)34(57)31(54)25(18-49)62-41/h10,22-43,49-61H,9,11-20H2,1-8H3/t22-,23-,24-,25-,26+,27-,28-,29+,30+,31-,32+,33-,34-,35-,36+,37+,38+,39+,40+,41+,42-,43+,45+,46-,47+,48+/m1/s1. The smallest absolute Gasteiger partial charge is 0.187 e. The Kier molecular flexibility index (Phi) is 15.9. The van der Waals surface area contributed by atoms with Crippen molar-refractivity contribution >= 4 is 0 Å². The lowest BCUT2D eigenvalue weighted by molar-refractivity contribution is -0.380. The van der Waals surface area contributed by atoms with E-state index in [1.807, 2.05) is 34.6 Å². The zero-order valence-corrected chi connectivity index (χ0v) is 40.3. The number of ether oxygens (including phenoxy) is 6. The van der Waals surface area contributed by atoms with Crippen molar-refractivity contribution in [3.63, 3.8) is 0 Å². The molecule has 388 valence electrons. The second-order valence-corrected chi connectivity index (χ2v) is 23.1. The van der Waals surface area contributed by atoms with Crippen molar-refractivity contribution in [1.29, 1.82) is 0 Å². The molecule has 0 radical (unpaired) electrons. The maximum atomic E-state index is 12.7. The molecular formula is C48H82O19. The molecule has 19 nitrogen and oxygen atoms in total. The third-order valence-electron chi connectivity index (χ3n) is 18.7. The molecule has 3 heterocycles. The molecule has 3 aliphatic heterocycles. The maximum absolute atomic E-state index is 12.7. The second-order valence-electron chi connectivity index (χ2n) is 23.1. The third-order valence-corrected chi connectivity index (χ3v) is 18.7. The number of rotatable bonds is 13. The van der Waals surface area contributed by atoms with Crippen LogP contribution in [-0.4, -0.2) is 202 Å². The quantitative estimate of drug-likeness (QED) is 0.0773. The van der Waals surface area contributed by atoms with Crippen LogP contribution >= 0.6 is 0 Å². The van der Waals surface area contributed by atoms with Gasteiger partial charge in [-0.2, -0.15) is 0 Å². The number of aliphatic hydroxyl groups excluding tert-OH is 13. The van der Waals surface area contributed by atoms with Gasteiger partial charge in [0.25, 0.3) is 0 Å². The summed E-state index contributed by atoms with van der Waals surface area (Å²) in [4.78, 5) is 0. The van der Waals surface area contributed by atoms with E-state index in [1.165, 1.54) is 0 Å². The first kappa shape index (κ1) is 53.8. The highest BCUT2D eigenvalue weighted by Gasteiger charge is 2.74. The van der Waals surface area contributed by atoms with E-state index >= 15 is 0 Å². The van der Waals surface area contributed by atoms with Gasteiger partial charge >= 0.3 is 0 Å². The van der Waals surface area contributed by atoms with Crippen LogP contribution in [0.5, 0.6) is 0 Å². The monoisotopic (exact) mass is 963 g/mol. The van der Waals surface area contributed by atoms with Gasteiger partial charge in [0.2, 0.25) is 0 Å². The van der Waals surface area contributed by atoms with Crippen molar-refractivity contribution in [1.82, 2.24) is 0 Å². The Hall–Kier alpha value is -1.02. The summed E-state index contributed by atoms with van der Waals surface area (Å²) < 4.78 is 37.0. The zero-order valence-electron chi connectivity index (χ0n) is 40.3. The first-order chi connectivity index (χ1) is 31.3. The molecule has 13 N–H and O–H groups in total. The van der Waals surface area contributed by atoms with Gasteiger partial charge in [-0.3, -0.25) is 0 Å². The van der Waals surface area contributed by atoms with Crippen molar-refractivity contribution in [2.75, 3.05) is 19.8 Å². The lowest BCUT2D eigenvalue weighted by Gasteiger charge is -2.71. The molecule has 0 aromatic rings. The summed E-state index contributed by atoms with van der Waals surface area (Å²) in [5.41, 5.74) is -2.23. The van der Waals surface area contributed by atoms with E-state index in [9.17, 15) is 66.4 Å². The lowest BCUT2D eigenvalue weighted by atomic mass is 9.34. The van der Waals surface area contributed by atoms with Crippen molar-refractivity contribution in [3.05, 3.63) is 11.6 Å². The Morgan fingerprint density at radius 3 is 1.73 bits per heavy atom. The summed E-state index contributed by atoms with van der Waals surface area (Å²) >= 11 is 0. The minimum atomic E-state index is -1.83. The lowest BCUT2D eigenvalue weighted by Crippen LogP contribution is -2.70. The molecule has 7 rings (SSSR count). The number of aliphatic hydroxyl groups is 13. The first-order valence-electron chi connectivity index (χ1n) is 24.5. The molecule has 4 saturated carbocycles. The van der Waals surface area contributed by atoms with Gasteiger partial charge in [0, 0.05) is 0 Å². The van der Waals surface area contributed by atoms with Crippen LogP contribution in [0.15, 0.2) is 11.6 Å². The van der Waals surface area contributed by atoms with E-state index in [0.29, 0.717) is 51.4 Å². The van der Waals surface area contributed by atoms with E-state index in [-0.39, 0.29) is 23.7 Å². The van der Waals surface area contributed by atoms with E-state index < -0.39 is 158 Å².